The summed E-state index contributed by atoms with van der Waals surface area (Å²) in [5, 5.41) is 2.11. The van der Waals surface area contributed by atoms with Gasteiger partial charge in [0.1, 0.15) is 11.2 Å². The lowest BCUT2D eigenvalue weighted by molar-refractivity contribution is 0.537. The van der Waals surface area contributed by atoms with Crippen LogP contribution in [0.15, 0.2) is 26.0 Å². The first-order valence-corrected chi connectivity index (χ1v) is 8.11. The minimum Gasteiger partial charge on any atom is -0.464 e. The van der Waals surface area contributed by atoms with Gasteiger partial charge in [0.05, 0.1) is 6.26 Å². The van der Waals surface area contributed by atoms with E-state index < -0.39 is 0 Å². The summed E-state index contributed by atoms with van der Waals surface area (Å²) >= 11 is 0. The lowest BCUT2D eigenvalue weighted by Crippen LogP contribution is -2.12. The minimum absolute atomic E-state index is 0.00420. The number of benzene rings is 1. The van der Waals surface area contributed by atoms with Crippen molar-refractivity contribution in [1.82, 2.24) is 0 Å². The van der Waals surface area contributed by atoms with E-state index in [1.165, 1.54) is 5.56 Å². The van der Waals surface area contributed by atoms with Crippen molar-refractivity contribution >= 4 is 21.9 Å². The summed E-state index contributed by atoms with van der Waals surface area (Å²) in [5.74, 6) is 0.137. The molecule has 0 aliphatic rings. The highest BCUT2D eigenvalue weighted by Crippen LogP contribution is 2.37. The molecule has 0 fully saturated rings. The van der Waals surface area contributed by atoms with Gasteiger partial charge in [0.15, 0.2) is 0 Å². The Morgan fingerprint density at radius 2 is 1.65 bits per heavy atom. The molecule has 0 aliphatic carbocycles. The summed E-state index contributed by atoms with van der Waals surface area (Å²) in [4.78, 5) is 12.4. The quantitative estimate of drug-likeness (QED) is 0.551. The summed E-state index contributed by atoms with van der Waals surface area (Å²) in [7, 11) is 0. The van der Waals surface area contributed by atoms with E-state index in [4.69, 9.17) is 8.83 Å². The highest BCUT2D eigenvalue weighted by molar-refractivity contribution is 6.00. The van der Waals surface area contributed by atoms with Crippen molar-refractivity contribution in [2.45, 2.75) is 59.8 Å². The van der Waals surface area contributed by atoms with E-state index in [1.807, 2.05) is 34.0 Å². The zero-order valence-corrected chi connectivity index (χ0v) is 15.0. The Bertz CT molecular complexity index is 963. The first-order valence-electron chi connectivity index (χ1n) is 8.11. The molecule has 122 valence electrons. The van der Waals surface area contributed by atoms with Gasteiger partial charge in [-0.15, -0.1) is 0 Å². The second-order valence-electron chi connectivity index (χ2n) is 7.74. The van der Waals surface area contributed by atoms with E-state index in [0.29, 0.717) is 5.58 Å². The van der Waals surface area contributed by atoms with Crippen LogP contribution in [-0.2, 0) is 5.41 Å². The lowest BCUT2D eigenvalue weighted by Gasteiger charge is -2.17. The van der Waals surface area contributed by atoms with E-state index in [0.717, 1.165) is 33.0 Å². The molecule has 0 radical (unpaired) electrons. The monoisotopic (exact) mass is 312 g/mol. The second-order valence-corrected chi connectivity index (χ2v) is 7.74. The Kier molecular flexibility index (Phi) is 3.44. The van der Waals surface area contributed by atoms with Crippen LogP contribution in [-0.4, -0.2) is 0 Å². The van der Waals surface area contributed by atoms with Crippen LogP contribution in [0.4, 0.5) is 0 Å². The average molecular weight is 312 g/mol. The summed E-state index contributed by atoms with van der Waals surface area (Å²) in [6, 6.07) is 2.12. The maximum Gasteiger partial charge on any atom is 0.339 e. The Labute approximate surface area is 136 Å². The lowest BCUT2D eigenvalue weighted by atomic mass is 9.86. The van der Waals surface area contributed by atoms with Gasteiger partial charge in [0.2, 0.25) is 0 Å². The maximum absolute atomic E-state index is 12.4. The number of rotatable bonds is 1. The smallest absolute Gasteiger partial charge is 0.339 e. The van der Waals surface area contributed by atoms with Crippen molar-refractivity contribution in [3.8, 4) is 0 Å². The van der Waals surface area contributed by atoms with Crippen LogP contribution in [0.3, 0.4) is 0 Å². The van der Waals surface area contributed by atoms with Crippen LogP contribution in [0.2, 0.25) is 0 Å². The zero-order chi connectivity index (χ0) is 17.1. The topological polar surface area (TPSA) is 43.4 Å². The Morgan fingerprint density at radius 1 is 1.00 bits per heavy atom. The fraction of sp³-hybridized carbons (Fsp3) is 0.450. The predicted molar refractivity (Wildman–Crippen MR) is 94.5 cm³/mol. The molecule has 0 amide bonds. The SMILES string of the molecule is Cc1c(C(C)C)c(=O)oc2c(C)c3occ(C(C)(C)C)c3cc12. The van der Waals surface area contributed by atoms with Crippen LogP contribution < -0.4 is 5.63 Å². The molecular formula is C20H24O3. The number of hydrogen-bond acceptors (Lipinski definition) is 3. The van der Waals surface area contributed by atoms with Crippen molar-refractivity contribution in [2.75, 3.05) is 0 Å². The minimum atomic E-state index is -0.241. The van der Waals surface area contributed by atoms with E-state index in [1.54, 1.807) is 0 Å². The molecule has 3 heteroatoms. The largest absolute Gasteiger partial charge is 0.464 e. The number of fused-ring (bicyclic) bond motifs is 2. The molecule has 0 saturated heterocycles. The molecule has 0 bridgehead atoms. The van der Waals surface area contributed by atoms with Crippen molar-refractivity contribution < 1.29 is 8.83 Å². The molecule has 3 rings (SSSR count). The molecule has 0 atom stereocenters. The van der Waals surface area contributed by atoms with E-state index in [-0.39, 0.29) is 17.0 Å². The van der Waals surface area contributed by atoms with Crippen LogP contribution in [0.25, 0.3) is 21.9 Å². The molecule has 23 heavy (non-hydrogen) atoms. The third-order valence-electron chi connectivity index (χ3n) is 4.65. The molecule has 2 aromatic heterocycles. The summed E-state index contributed by atoms with van der Waals surface area (Å²) in [6.07, 6.45) is 1.83. The van der Waals surface area contributed by atoms with Gasteiger partial charge in [-0.2, -0.15) is 0 Å². The number of furan rings is 1. The molecule has 0 N–H and O–H groups in total. The first-order chi connectivity index (χ1) is 10.6. The Balaban J connectivity index is 2.52. The molecule has 3 nitrogen and oxygen atoms in total. The van der Waals surface area contributed by atoms with Gasteiger partial charge in [-0.25, -0.2) is 4.79 Å². The molecular weight excluding hydrogens is 288 g/mol. The van der Waals surface area contributed by atoms with E-state index in [2.05, 4.69) is 26.8 Å². The Morgan fingerprint density at radius 3 is 2.22 bits per heavy atom. The fourth-order valence-electron chi connectivity index (χ4n) is 3.42. The average Bonchev–Trinajstić information content (AvgIpc) is 2.84. The number of hydrogen-bond donors (Lipinski definition) is 0. The highest BCUT2D eigenvalue weighted by atomic mass is 16.4. The fourth-order valence-corrected chi connectivity index (χ4v) is 3.42. The van der Waals surface area contributed by atoms with Gasteiger partial charge in [-0.3, -0.25) is 0 Å². The molecule has 3 aromatic rings. The third-order valence-corrected chi connectivity index (χ3v) is 4.65. The molecule has 1 aromatic carbocycles. The number of aryl methyl sites for hydroxylation is 2. The van der Waals surface area contributed by atoms with E-state index >= 15 is 0 Å². The van der Waals surface area contributed by atoms with E-state index in [9.17, 15) is 4.79 Å². The normalized spacial score (nSPS) is 12.7. The predicted octanol–water partition coefficient (Wildman–Crippen LogP) is 5.58. The van der Waals surface area contributed by atoms with Crippen LogP contribution in [0.5, 0.6) is 0 Å². The van der Waals surface area contributed by atoms with Crippen molar-refractivity contribution in [3.63, 3.8) is 0 Å². The van der Waals surface area contributed by atoms with Gasteiger partial charge in [-0.05, 0) is 36.8 Å². The standard InChI is InChI=1S/C20H24O3/c1-10(2)16-11(3)13-8-14-15(20(5,6)7)9-22-17(14)12(4)18(13)23-19(16)21/h8-10H,1-7H3. The third kappa shape index (κ3) is 2.30. The first kappa shape index (κ1) is 15.9. The van der Waals surface area contributed by atoms with Crippen molar-refractivity contribution in [3.05, 3.63) is 45.0 Å². The molecule has 0 spiro atoms. The van der Waals surface area contributed by atoms with Crippen LogP contribution >= 0.6 is 0 Å². The second kappa shape index (κ2) is 4.98. The maximum atomic E-state index is 12.4. The summed E-state index contributed by atoms with van der Waals surface area (Å²) in [5.41, 5.74) is 5.04. The zero-order valence-electron chi connectivity index (χ0n) is 15.0. The van der Waals surface area contributed by atoms with Gasteiger partial charge in [0.25, 0.3) is 0 Å². The van der Waals surface area contributed by atoms with Gasteiger partial charge < -0.3 is 8.83 Å². The summed E-state index contributed by atoms with van der Waals surface area (Å²) < 4.78 is 11.5. The van der Waals surface area contributed by atoms with Crippen molar-refractivity contribution in [2.24, 2.45) is 0 Å². The summed E-state index contributed by atoms with van der Waals surface area (Å²) in [6.45, 7) is 14.5. The molecule has 2 heterocycles. The Hall–Kier alpha value is -2.03. The highest BCUT2D eigenvalue weighted by Gasteiger charge is 2.23. The molecule has 0 unspecified atom stereocenters. The van der Waals surface area contributed by atoms with Crippen LogP contribution in [0, 0.1) is 13.8 Å². The molecule has 0 aliphatic heterocycles. The van der Waals surface area contributed by atoms with Gasteiger partial charge >= 0.3 is 5.63 Å². The molecule has 0 saturated carbocycles. The van der Waals surface area contributed by atoms with Gasteiger partial charge in [-0.1, -0.05) is 34.6 Å². The van der Waals surface area contributed by atoms with Crippen molar-refractivity contribution in [1.29, 1.82) is 0 Å². The van der Waals surface area contributed by atoms with Gasteiger partial charge in [0, 0.05) is 27.5 Å². The van der Waals surface area contributed by atoms with Crippen LogP contribution in [0.1, 0.15) is 62.8 Å².